The summed E-state index contributed by atoms with van der Waals surface area (Å²) in [5.74, 6) is -0.308. The first kappa shape index (κ1) is 29.7. The quantitative estimate of drug-likeness (QED) is 0.318. The maximum atomic E-state index is 13.4. The molecular formula is C27H29F6N3O4. The van der Waals surface area contributed by atoms with E-state index in [1.54, 1.807) is 12.1 Å². The van der Waals surface area contributed by atoms with Crippen molar-refractivity contribution >= 4 is 0 Å². The summed E-state index contributed by atoms with van der Waals surface area (Å²) in [4.78, 5) is 14.8. The molecule has 1 saturated heterocycles. The number of rotatable bonds is 8. The van der Waals surface area contributed by atoms with Gasteiger partial charge in [-0.2, -0.15) is 26.3 Å². The number of nitrogens with zero attached hydrogens (tertiary/aromatic N) is 1. The number of nitrogens with one attached hydrogen (secondary N) is 2. The third kappa shape index (κ3) is 6.06. The number of ether oxygens (including phenoxy) is 2. The van der Waals surface area contributed by atoms with Gasteiger partial charge < -0.3 is 19.9 Å². The van der Waals surface area contributed by atoms with Crippen molar-refractivity contribution in [2.45, 2.75) is 49.3 Å². The Morgan fingerprint density at radius 1 is 1.00 bits per heavy atom. The molecule has 0 bridgehead atoms. The topological polar surface area (TPSA) is 88.5 Å². The molecule has 13 heteroatoms. The predicted molar refractivity (Wildman–Crippen MR) is 133 cm³/mol. The first-order chi connectivity index (χ1) is 18.7. The number of hydrogen-bond donors (Lipinski definition) is 3. The fraction of sp³-hybridized carbons (Fsp3) is 0.444. The van der Waals surface area contributed by atoms with E-state index in [1.807, 2.05) is 18.2 Å². The number of H-pyrrole nitrogens is 1. The summed E-state index contributed by atoms with van der Waals surface area (Å²) in [6.45, 7) is 1.62. The summed E-state index contributed by atoms with van der Waals surface area (Å²) in [5.41, 5.74) is -4.59. The number of benzene rings is 2. The van der Waals surface area contributed by atoms with E-state index in [9.17, 15) is 36.2 Å². The van der Waals surface area contributed by atoms with Crippen LogP contribution in [0.5, 0.6) is 5.88 Å². The van der Waals surface area contributed by atoms with Crippen LogP contribution in [0.25, 0.3) is 0 Å². The van der Waals surface area contributed by atoms with Crippen LogP contribution < -0.4 is 11.0 Å². The summed E-state index contributed by atoms with van der Waals surface area (Å²) in [6.07, 6.45) is -9.03. The zero-order valence-corrected chi connectivity index (χ0v) is 21.7. The third-order valence-corrected chi connectivity index (χ3v) is 7.39. The van der Waals surface area contributed by atoms with Crippen LogP contribution >= 0.6 is 0 Å². The van der Waals surface area contributed by atoms with Gasteiger partial charge in [-0.1, -0.05) is 30.3 Å². The second-order valence-corrected chi connectivity index (χ2v) is 10.1. The average Bonchev–Trinajstić information content (AvgIpc) is 3.26. The van der Waals surface area contributed by atoms with Crippen molar-refractivity contribution in [1.82, 2.24) is 14.9 Å². The minimum Gasteiger partial charge on any atom is -0.493 e. The molecular weight excluding hydrogens is 544 g/mol. The lowest BCUT2D eigenvalue weighted by Gasteiger charge is -2.47. The molecule has 1 aliphatic rings. The van der Waals surface area contributed by atoms with Crippen LogP contribution in [0.15, 0.2) is 59.5 Å². The van der Waals surface area contributed by atoms with E-state index < -0.39 is 46.4 Å². The SMILES string of the molecule is COC[C@]1(n2cc(O)[nH]c2=O)CC[C@@](CO[C@H](C)c2cc(C(F)(F)F)cc(C(F)(F)F)c2)(c2ccccc2)NC1. The molecule has 0 spiro atoms. The first-order valence-corrected chi connectivity index (χ1v) is 12.4. The van der Waals surface area contributed by atoms with Gasteiger partial charge in [0.05, 0.1) is 47.7 Å². The van der Waals surface area contributed by atoms with Crippen molar-refractivity contribution in [3.8, 4) is 5.88 Å². The highest BCUT2D eigenvalue weighted by atomic mass is 19.4. The largest absolute Gasteiger partial charge is 0.493 e. The molecule has 3 aromatic rings. The molecule has 1 fully saturated rings. The van der Waals surface area contributed by atoms with E-state index in [1.165, 1.54) is 24.8 Å². The van der Waals surface area contributed by atoms with Gasteiger partial charge in [-0.3, -0.25) is 9.55 Å². The Labute approximate surface area is 225 Å². The van der Waals surface area contributed by atoms with Gasteiger partial charge in [-0.15, -0.1) is 0 Å². The van der Waals surface area contributed by atoms with Crippen molar-refractivity contribution in [2.75, 3.05) is 26.9 Å². The van der Waals surface area contributed by atoms with Gasteiger partial charge in [0, 0.05) is 13.7 Å². The first-order valence-electron chi connectivity index (χ1n) is 12.4. The molecule has 1 aromatic heterocycles. The molecule has 0 radical (unpaired) electrons. The summed E-state index contributed by atoms with van der Waals surface area (Å²) in [5, 5.41) is 13.2. The van der Waals surface area contributed by atoms with Crippen LogP contribution in [0.2, 0.25) is 0 Å². The molecule has 1 aliphatic heterocycles. The summed E-state index contributed by atoms with van der Waals surface area (Å²) in [7, 11) is 1.48. The highest BCUT2D eigenvalue weighted by molar-refractivity contribution is 5.35. The van der Waals surface area contributed by atoms with Crippen LogP contribution in [0.1, 0.15) is 48.1 Å². The highest BCUT2D eigenvalue weighted by Crippen LogP contribution is 2.41. The van der Waals surface area contributed by atoms with Crippen molar-refractivity contribution in [3.63, 3.8) is 0 Å². The zero-order chi connectivity index (χ0) is 29.3. The van der Waals surface area contributed by atoms with E-state index in [0.29, 0.717) is 25.0 Å². The Morgan fingerprint density at radius 3 is 2.10 bits per heavy atom. The second-order valence-electron chi connectivity index (χ2n) is 10.1. The number of aromatic amines is 1. The van der Waals surface area contributed by atoms with E-state index in [4.69, 9.17) is 9.47 Å². The van der Waals surface area contributed by atoms with Crippen LogP contribution in [0.3, 0.4) is 0 Å². The van der Waals surface area contributed by atoms with Crippen LogP contribution in [-0.2, 0) is 32.9 Å². The maximum absolute atomic E-state index is 13.4. The van der Waals surface area contributed by atoms with Gasteiger partial charge in [-0.25, -0.2) is 4.79 Å². The van der Waals surface area contributed by atoms with Gasteiger partial charge in [0.2, 0.25) is 5.88 Å². The Morgan fingerprint density at radius 2 is 1.62 bits per heavy atom. The number of piperidine rings is 1. The van der Waals surface area contributed by atoms with Gasteiger partial charge >= 0.3 is 18.0 Å². The molecule has 0 unspecified atom stereocenters. The molecule has 2 heterocycles. The lowest BCUT2D eigenvalue weighted by molar-refractivity contribution is -0.143. The molecule has 218 valence electrons. The number of methoxy groups -OCH3 is 1. The summed E-state index contributed by atoms with van der Waals surface area (Å²) in [6, 6.07) is 10.5. The Kier molecular flexibility index (Phi) is 8.12. The number of imidazole rings is 1. The smallest absolute Gasteiger partial charge is 0.416 e. The molecule has 7 nitrogen and oxygen atoms in total. The molecule has 3 atom stereocenters. The lowest BCUT2D eigenvalue weighted by atomic mass is 9.76. The molecule has 3 N–H and O–H groups in total. The van der Waals surface area contributed by atoms with Crippen molar-refractivity contribution in [3.05, 3.63) is 87.5 Å². The van der Waals surface area contributed by atoms with Crippen LogP contribution in [0.4, 0.5) is 26.3 Å². The minimum atomic E-state index is -4.97. The Balaban J connectivity index is 1.64. The molecule has 2 aromatic carbocycles. The standard InChI is InChI=1S/C27H29F6N3O4/c1-17(18-10-20(26(28,29)30)12-21(11-18)27(31,32)33)40-16-25(19-6-4-3-5-7-19)9-8-24(14-34-25,15-39-2)36-13-22(37)35-23(36)38/h3-7,10-13,17,34,37H,8-9,14-16H2,1-2H3,(H,35,38)/t17-,24+,25-/m1/s1. The number of alkyl halides is 6. The van der Waals surface area contributed by atoms with E-state index >= 15 is 0 Å². The van der Waals surface area contributed by atoms with Gasteiger partial charge in [0.1, 0.15) is 0 Å². The minimum absolute atomic E-state index is 0.0838. The van der Waals surface area contributed by atoms with Crippen molar-refractivity contribution < 1.29 is 40.9 Å². The van der Waals surface area contributed by atoms with E-state index in [0.717, 1.165) is 5.56 Å². The fourth-order valence-corrected chi connectivity index (χ4v) is 5.15. The van der Waals surface area contributed by atoms with Gasteiger partial charge in [0.15, 0.2) is 0 Å². The lowest BCUT2D eigenvalue weighted by Crippen LogP contribution is -2.61. The Hall–Kier alpha value is -3.29. The van der Waals surface area contributed by atoms with Crippen molar-refractivity contribution in [2.24, 2.45) is 0 Å². The highest BCUT2D eigenvalue weighted by Gasteiger charge is 2.46. The van der Waals surface area contributed by atoms with Crippen LogP contribution in [0, 0.1) is 0 Å². The van der Waals surface area contributed by atoms with E-state index in [2.05, 4.69) is 10.3 Å². The fourth-order valence-electron chi connectivity index (χ4n) is 5.15. The van der Waals surface area contributed by atoms with Gasteiger partial charge in [-0.05, 0) is 49.1 Å². The summed E-state index contributed by atoms with van der Waals surface area (Å²) < 4.78 is 93.1. The second kappa shape index (κ2) is 10.9. The van der Waals surface area contributed by atoms with E-state index in [-0.39, 0.29) is 37.3 Å². The zero-order valence-electron chi connectivity index (χ0n) is 21.7. The average molecular weight is 574 g/mol. The third-order valence-electron chi connectivity index (χ3n) is 7.39. The Bertz CT molecular complexity index is 1330. The summed E-state index contributed by atoms with van der Waals surface area (Å²) >= 11 is 0. The van der Waals surface area contributed by atoms with Crippen LogP contribution in [-0.4, -0.2) is 41.5 Å². The normalized spacial score (nSPS) is 22.8. The maximum Gasteiger partial charge on any atom is 0.416 e. The van der Waals surface area contributed by atoms with Gasteiger partial charge in [0.25, 0.3) is 0 Å². The molecule has 0 saturated carbocycles. The molecule has 0 amide bonds. The van der Waals surface area contributed by atoms with Crippen molar-refractivity contribution in [1.29, 1.82) is 0 Å². The molecule has 0 aliphatic carbocycles. The predicted octanol–water partition coefficient (Wildman–Crippen LogP) is 5.32. The number of aromatic hydroxyl groups is 1. The molecule has 40 heavy (non-hydrogen) atoms. The monoisotopic (exact) mass is 573 g/mol. The number of hydrogen-bond acceptors (Lipinski definition) is 5. The number of halogens is 6. The molecule has 4 rings (SSSR count). The number of aromatic nitrogens is 2.